The molecule has 0 aliphatic heterocycles. The zero-order valence-corrected chi connectivity index (χ0v) is 18.7. The standard InChI is InChI=1S/C27H25N5O/c1-17-7-21-14-30-32(22-15-29-31(16-22)27-10-19(11-27)12-27)24(21)9-26(17)33-25-4-2-3-20-8-18(13-28)5-6-23(20)25/h5-9,14-16,19,25H,2-4,10-12H2,1H3/t19?,25-,27?/m1/s1. The van der Waals surface area contributed by atoms with Crippen molar-refractivity contribution in [3.05, 3.63) is 71.2 Å². The summed E-state index contributed by atoms with van der Waals surface area (Å²) in [6, 6.07) is 12.5. The fourth-order valence-electron chi connectivity index (χ4n) is 6.01. The Kier molecular flexibility index (Phi) is 3.85. The Labute approximate surface area is 192 Å². The van der Waals surface area contributed by atoms with Crippen molar-refractivity contribution in [3.8, 4) is 17.5 Å². The number of hydrogen-bond donors (Lipinski definition) is 0. The molecule has 6 heteroatoms. The van der Waals surface area contributed by atoms with E-state index in [1.54, 1.807) is 0 Å². The molecule has 0 saturated heterocycles. The summed E-state index contributed by atoms with van der Waals surface area (Å²) < 4.78 is 10.7. The maximum Gasteiger partial charge on any atom is 0.125 e. The predicted octanol–water partition coefficient (Wildman–Crippen LogP) is 5.37. The van der Waals surface area contributed by atoms with Crippen molar-refractivity contribution >= 4 is 10.9 Å². The quantitative estimate of drug-likeness (QED) is 0.432. The van der Waals surface area contributed by atoms with Gasteiger partial charge in [-0.15, -0.1) is 0 Å². The van der Waals surface area contributed by atoms with Crippen LogP contribution in [0.25, 0.3) is 16.6 Å². The van der Waals surface area contributed by atoms with Gasteiger partial charge in [-0.25, -0.2) is 4.68 Å². The van der Waals surface area contributed by atoms with Gasteiger partial charge in [0, 0.05) is 11.5 Å². The molecule has 0 amide bonds. The average molecular weight is 436 g/mol. The lowest BCUT2D eigenvalue weighted by atomic mass is 9.50. The third-order valence-corrected chi connectivity index (χ3v) is 7.97. The maximum atomic E-state index is 9.25. The number of fused-ring (bicyclic) bond motifs is 2. The van der Waals surface area contributed by atoms with Crippen LogP contribution in [-0.2, 0) is 12.0 Å². The van der Waals surface area contributed by atoms with E-state index in [1.807, 2.05) is 29.2 Å². The van der Waals surface area contributed by atoms with Gasteiger partial charge in [-0.2, -0.15) is 15.5 Å². The highest BCUT2D eigenvalue weighted by Crippen LogP contribution is 2.62. The first kappa shape index (κ1) is 18.9. The second-order valence-corrected chi connectivity index (χ2v) is 10.1. The molecule has 2 aromatic heterocycles. The van der Waals surface area contributed by atoms with E-state index in [-0.39, 0.29) is 11.6 Å². The fraction of sp³-hybridized carbons (Fsp3) is 0.370. The molecule has 4 aliphatic rings. The van der Waals surface area contributed by atoms with E-state index >= 15 is 0 Å². The number of hydrogen-bond acceptors (Lipinski definition) is 4. The van der Waals surface area contributed by atoms with Crippen LogP contribution in [0, 0.1) is 24.2 Å². The van der Waals surface area contributed by atoms with Crippen LogP contribution in [0.4, 0.5) is 0 Å². The molecule has 8 rings (SSSR count). The van der Waals surface area contributed by atoms with Gasteiger partial charge in [0.05, 0.1) is 41.3 Å². The Hall–Kier alpha value is -3.59. The molecule has 4 aromatic rings. The molecule has 4 aliphatic carbocycles. The monoisotopic (exact) mass is 435 g/mol. The zero-order valence-electron chi connectivity index (χ0n) is 18.7. The second-order valence-electron chi connectivity index (χ2n) is 10.1. The van der Waals surface area contributed by atoms with Crippen LogP contribution in [0.3, 0.4) is 0 Å². The number of ether oxygens (including phenoxy) is 1. The molecule has 1 atom stereocenters. The van der Waals surface area contributed by atoms with Gasteiger partial charge >= 0.3 is 0 Å². The van der Waals surface area contributed by atoms with Crippen LogP contribution < -0.4 is 4.74 Å². The first-order valence-corrected chi connectivity index (χ1v) is 11.9. The number of aryl methyl sites for hydroxylation is 2. The minimum atomic E-state index is 0.000966. The van der Waals surface area contributed by atoms with Crippen LogP contribution in [0.5, 0.6) is 5.75 Å². The number of nitriles is 1. The Morgan fingerprint density at radius 2 is 2.00 bits per heavy atom. The molecule has 2 heterocycles. The number of aromatic nitrogens is 4. The normalized spacial score (nSPS) is 25.1. The van der Waals surface area contributed by atoms with E-state index < -0.39 is 0 Å². The SMILES string of the molecule is Cc1cc2cnn(-c3cnn(C45CC(C4)C5)c3)c2cc1O[C@@H]1CCCc2cc(C#N)ccc21. The molecule has 0 N–H and O–H groups in total. The minimum absolute atomic E-state index is 0.000966. The smallest absolute Gasteiger partial charge is 0.125 e. The van der Waals surface area contributed by atoms with Gasteiger partial charge < -0.3 is 4.74 Å². The Balaban J connectivity index is 1.23. The molecule has 2 aromatic carbocycles. The third-order valence-electron chi connectivity index (χ3n) is 7.97. The zero-order chi connectivity index (χ0) is 22.2. The van der Waals surface area contributed by atoms with Gasteiger partial charge in [-0.05, 0) is 86.3 Å². The molecule has 3 fully saturated rings. The summed E-state index contributed by atoms with van der Waals surface area (Å²) >= 11 is 0. The van der Waals surface area contributed by atoms with Crippen LogP contribution in [-0.4, -0.2) is 19.6 Å². The van der Waals surface area contributed by atoms with Crippen LogP contribution in [0.1, 0.15) is 60.5 Å². The van der Waals surface area contributed by atoms with Crippen molar-refractivity contribution in [2.45, 2.75) is 57.1 Å². The molecule has 33 heavy (non-hydrogen) atoms. The van der Waals surface area contributed by atoms with E-state index in [4.69, 9.17) is 4.74 Å². The van der Waals surface area contributed by atoms with Gasteiger partial charge in [-0.1, -0.05) is 6.07 Å². The van der Waals surface area contributed by atoms with Crippen LogP contribution in [0.2, 0.25) is 0 Å². The topological polar surface area (TPSA) is 68.7 Å². The van der Waals surface area contributed by atoms with Gasteiger partial charge in [-0.3, -0.25) is 4.68 Å². The third kappa shape index (κ3) is 2.78. The van der Waals surface area contributed by atoms with Crippen molar-refractivity contribution in [1.29, 1.82) is 5.26 Å². The van der Waals surface area contributed by atoms with Crippen molar-refractivity contribution in [1.82, 2.24) is 19.6 Å². The van der Waals surface area contributed by atoms with E-state index in [0.29, 0.717) is 0 Å². The highest BCUT2D eigenvalue weighted by atomic mass is 16.5. The molecular weight excluding hydrogens is 410 g/mol. The van der Waals surface area contributed by atoms with Crippen molar-refractivity contribution in [2.75, 3.05) is 0 Å². The average Bonchev–Trinajstić information content (AvgIpc) is 3.38. The van der Waals surface area contributed by atoms with Gasteiger partial charge in [0.15, 0.2) is 0 Å². The lowest BCUT2D eigenvalue weighted by molar-refractivity contribution is -0.0977. The highest BCUT2D eigenvalue weighted by molar-refractivity contribution is 5.83. The molecule has 0 radical (unpaired) electrons. The summed E-state index contributed by atoms with van der Waals surface area (Å²) in [6.07, 6.45) is 12.8. The highest BCUT2D eigenvalue weighted by Gasteiger charge is 2.58. The molecule has 0 unspecified atom stereocenters. The van der Waals surface area contributed by atoms with Crippen molar-refractivity contribution in [3.63, 3.8) is 0 Å². The summed E-state index contributed by atoms with van der Waals surface area (Å²) in [7, 11) is 0. The summed E-state index contributed by atoms with van der Waals surface area (Å²) in [5.41, 5.74) is 6.56. The first-order chi connectivity index (χ1) is 16.1. The summed E-state index contributed by atoms with van der Waals surface area (Å²) in [6.45, 7) is 2.09. The molecule has 3 saturated carbocycles. The number of nitrogens with zero attached hydrogens (tertiary/aromatic N) is 5. The van der Waals surface area contributed by atoms with Gasteiger partial charge in [0.1, 0.15) is 17.5 Å². The first-order valence-electron chi connectivity index (χ1n) is 11.9. The summed E-state index contributed by atoms with van der Waals surface area (Å²) in [4.78, 5) is 0. The largest absolute Gasteiger partial charge is 0.485 e. The molecule has 2 bridgehead atoms. The fourth-order valence-corrected chi connectivity index (χ4v) is 6.01. The summed E-state index contributed by atoms with van der Waals surface area (Å²) in [5.74, 6) is 1.81. The predicted molar refractivity (Wildman–Crippen MR) is 124 cm³/mol. The lowest BCUT2D eigenvalue weighted by Crippen LogP contribution is -2.59. The minimum Gasteiger partial charge on any atom is -0.485 e. The number of benzene rings is 2. The van der Waals surface area contributed by atoms with E-state index in [0.717, 1.165) is 58.6 Å². The van der Waals surface area contributed by atoms with Crippen molar-refractivity contribution < 1.29 is 4.74 Å². The van der Waals surface area contributed by atoms with Crippen molar-refractivity contribution in [2.24, 2.45) is 5.92 Å². The van der Waals surface area contributed by atoms with Gasteiger partial charge in [0.2, 0.25) is 0 Å². The van der Waals surface area contributed by atoms with Gasteiger partial charge in [0.25, 0.3) is 0 Å². The number of rotatable bonds is 4. The van der Waals surface area contributed by atoms with E-state index in [9.17, 15) is 5.26 Å². The Morgan fingerprint density at radius 3 is 2.79 bits per heavy atom. The second kappa shape index (κ2) is 6.71. The summed E-state index contributed by atoms with van der Waals surface area (Å²) in [5, 5.41) is 19.7. The maximum absolute atomic E-state index is 9.25. The molecule has 164 valence electrons. The Morgan fingerprint density at radius 1 is 1.12 bits per heavy atom. The Bertz CT molecular complexity index is 1440. The van der Waals surface area contributed by atoms with E-state index in [1.165, 1.54) is 30.4 Å². The molecule has 6 nitrogen and oxygen atoms in total. The molecule has 0 spiro atoms. The lowest BCUT2D eigenvalue weighted by Gasteiger charge is -2.61. The van der Waals surface area contributed by atoms with E-state index in [2.05, 4.69) is 52.3 Å². The van der Waals surface area contributed by atoms with Crippen LogP contribution >= 0.6 is 0 Å². The van der Waals surface area contributed by atoms with Crippen LogP contribution in [0.15, 0.2) is 48.9 Å². The molecular formula is C27H25N5O.